The van der Waals surface area contributed by atoms with Gasteiger partial charge in [0.25, 0.3) is 5.91 Å². The van der Waals surface area contributed by atoms with E-state index in [0.717, 1.165) is 6.07 Å². The van der Waals surface area contributed by atoms with Crippen LogP contribution < -0.4 is 5.32 Å². The second kappa shape index (κ2) is 5.95. The first kappa shape index (κ1) is 14.6. The Kier molecular flexibility index (Phi) is 4.84. The second-order valence-electron chi connectivity index (χ2n) is 4.02. The average Bonchev–Trinajstić information content (AvgIpc) is 2.31. The van der Waals surface area contributed by atoms with E-state index < -0.39 is 29.7 Å². The molecule has 6 heteroatoms. The Labute approximate surface area is 112 Å². The zero-order valence-electron chi connectivity index (χ0n) is 9.91. The van der Waals surface area contributed by atoms with Gasteiger partial charge in [-0.05, 0) is 48.0 Å². The van der Waals surface area contributed by atoms with Crippen LogP contribution in [0.2, 0.25) is 0 Å². The van der Waals surface area contributed by atoms with Gasteiger partial charge in [-0.15, -0.1) is 0 Å². The molecular weight excluding hydrogens is 305 g/mol. The van der Waals surface area contributed by atoms with Crippen LogP contribution in [0.1, 0.15) is 24.2 Å². The molecule has 2 unspecified atom stereocenters. The first-order valence-corrected chi connectivity index (χ1v) is 6.11. The van der Waals surface area contributed by atoms with Crippen molar-refractivity contribution >= 4 is 27.8 Å². The molecule has 1 rings (SSSR count). The molecule has 0 aliphatic carbocycles. The van der Waals surface area contributed by atoms with Crippen molar-refractivity contribution in [3.8, 4) is 0 Å². The smallest absolute Gasteiger partial charge is 0.308 e. The number of carbonyl (C=O) groups excluding carboxylic acids is 1. The van der Waals surface area contributed by atoms with Gasteiger partial charge in [0.1, 0.15) is 5.82 Å². The molecule has 0 bridgehead atoms. The monoisotopic (exact) mass is 317 g/mol. The minimum Gasteiger partial charge on any atom is -0.481 e. The number of aliphatic carboxylic acids is 1. The van der Waals surface area contributed by atoms with E-state index in [0.29, 0.717) is 0 Å². The van der Waals surface area contributed by atoms with Crippen LogP contribution in [0.15, 0.2) is 22.7 Å². The van der Waals surface area contributed by atoms with Gasteiger partial charge in [0.15, 0.2) is 0 Å². The van der Waals surface area contributed by atoms with Crippen LogP contribution in [-0.2, 0) is 4.79 Å². The summed E-state index contributed by atoms with van der Waals surface area (Å²) in [5.41, 5.74) is 0.153. The van der Waals surface area contributed by atoms with E-state index >= 15 is 0 Å². The number of carboxylic acids is 1. The number of amides is 1. The van der Waals surface area contributed by atoms with E-state index in [4.69, 9.17) is 5.11 Å². The fraction of sp³-hybridized carbons (Fsp3) is 0.333. The molecule has 0 fully saturated rings. The maximum absolute atomic E-state index is 13.2. The van der Waals surface area contributed by atoms with Crippen LogP contribution in [0.3, 0.4) is 0 Å². The number of hydrogen-bond donors (Lipinski definition) is 2. The SMILES string of the molecule is CC(NC(=O)c1ccc(Br)c(F)c1)C(C)C(=O)O. The van der Waals surface area contributed by atoms with Crippen LogP contribution in [-0.4, -0.2) is 23.0 Å². The van der Waals surface area contributed by atoms with Gasteiger partial charge in [-0.2, -0.15) is 0 Å². The topological polar surface area (TPSA) is 66.4 Å². The first-order chi connectivity index (χ1) is 8.32. The van der Waals surface area contributed by atoms with Gasteiger partial charge in [0.05, 0.1) is 10.4 Å². The van der Waals surface area contributed by atoms with Crippen molar-refractivity contribution in [1.82, 2.24) is 5.32 Å². The summed E-state index contributed by atoms with van der Waals surface area (Å²) in [5, 5.41) is 11.3. The third-order valence-electron chi connectivity index (χ3n) is 2.68. The highest BCUT2D eigenvalue weighted by atomic mass is 79.9. The van der Waals surface area contributed by atoms with Gasteiger partial charge < -0.3 is 10.4 Å². The van der Waals surface area contributed by atoms with Gasteiger partial charge >= 0.3 is 5.97 Å². The molecule has 98 valence electrons. The quantitative estimate of drug-likeness (QED) is 0.896. The molecule has 0 saturated carbocycles. The van der Waals surface area contributed by atoms with E-state index in [1.807, 2.05) is 0 Å². The van der Waals surface area contributed by atoms with E-state index in [1.165, 1.54) is 19.1 Å². The second-order valence-corrected chi connectivity index (χ2v) is 4.87. The molecule has 4 nitrogen and oxygen atoms in total. The van der Waals surface area contributed by atoms with Gasteiger partial charge in [-0.1, -0.05) is 0 Å². The van der Waals surface area contributed by atoms with E-state index in [2.05, 4.69) is 21.2 Å². The molecule has 0 aromatic heterocycles. The van der Waals surface area contributed by atoms with Crippen LogP contribution in [0.25, 0.3) is 0 Å². The molecule has 2 N–H and O–H groups in total. The molecule has 0 aliphatic heterocycles. The molecular formula is C12H13BrFNO3. The molecule has 0 heterocycles. The maximum atomic E-state index is 13.2. The summed E-state index contributed by atoms with van der Waals surface area (Å²) < 4.78 is 13.5. The Hall–Kier alpha value is -1.43. The normalized spacial score (nSPS) is 13.8. The van der Waals surface area contributed by atoms with Crippen molar-refractivity contribution < 1.29 is 19.1 Å². The zero-order valence-corrected chi connectivity index (χ0v) is 11.5. The van der Waals surface area contributed by atoms with Crippen molar-refractivity contribution in [3.05, 3.63) is 34.1 Å². The Balaban J connectivity index is 2.76. The Morgan fingerprint density at radius 3 is 2.50 bits per heavy atom. The number of rotatable bonds is 4. The van der Waals surface area contributed by atoms with Crippen LogP contribution >= 0.6 is 15.9 Å². The van der Waals surface area contributed by atoms with Gasteiger partial charge in [0, 0.05) is 11.6 Å². The summed E-state index contributed by atoms with van der Waals surface area (Å²) in [7, 11) is 0. The summed E-state index contributed by atoms with van der Waals surface area (Å²) in [5.74, 6) is -2.75. The fourth-order valence-electron chi connectivity index (χ4n) is 1.27. The summed E-state index contributed by atoms with van der Waals surface area (Å²) in [6.07, 6.45) is 0. The highest BCUT2D eigenvalue weighted by Crippen LogP contribution is 2.16. The highest BCUT2D eigenvalue weighted by Gasteiger charge is 2.21. The van der Waals surface area contributed by atoms with Crippen LogP contribution in [0.5, 0.6) is 0 Å². The molecule has 18 heavy (non-hydrogen) atoms. The molecule has 1 amide bonds. The molecule has 2 atom stereocenters. The standard InChI is InChI=1S/C12H13BrFNO3/c1-6(12(17)18)7(2)15-11(16)8-3-4-9(13)10(14)5-8/h3-7H,1-2H3,(H,15,16)(H,17,18). The summed E-state index contributed by atoms with van der Waals surface area (Å²) in [4.78, 5) is 22.5. The third kappa shape index (κ3) is 3.53. The minimum atomic E-state index is -0.996. The number of carbonyl (C=O) groups is 2. The maximum Gasteiger partial charge on any atom is 0.308 e. The Bertz CT molecular complexity index is 478. The lowest BCUT2D eigenvalue weighted by atomic mass is 10.0. The lowest BCUT2D eigenvalue weighted by molar-refractivity contribution is -0.141. The fourth-order valence-corrected chi connectivity index (χ4v) is 1.51. The minimum absolute atomic E-state index is 0.153. The van der Waals surface area contributed by atoms with Crippen LogP contribution in [0, 0.1) is 11.7 Å². The molecule has 0 aliphatic rings. The summed E-state index contributed by atoms with van der Waals surface area (Å²) in [6.45, 7) is 3.08. The number of benzene rings is 1. The van der Waals surface area contributed by atoms with Gasteiger partial charge in [-0.25, -0.2) is 4.39 Å². The zero-order chi connectivity index (χ0) is 13.9. The van der Waals surface area contributed by atoms with Gasteiger partial charge in [-0.3, -0.25) is 9.59 Å². The summed E-state index contributed by atoms with van der Waals surface area (Å²) in [6, 6.07) is 3.44. The first-order valence-electron chi connectivity index (χ1n) is 5.31. The number of halogens is 2. The van der Waals surface area contributed by atoms with E-state index in [-0.39, 0.29) is 10.0 Å². The Morgan fingerprint density at radius 2 is 2.00 bits per heavy atom. The molecule has 0 radical (unpaired) electrons. The lowest BCUT2D eigenvalue weighted by Crippen LogP contribution is -2.40. The van der Waals surface area contributed by atoms with Crippen molar-refractivity contribution in [2.24, 2.45) is 5.92 Å². The Morgan fingerprint density at radius 1 is 1.39 bits per heavy atom. The van der Waals surface area contributed by atoms with Crippen LogP contribution in [0.4, 0.5) is 4.39 Å². The number of nitrogens with one attached hydrogen (secondary N) is 1. The van der Waals surface area contributed by atoms with Crippen molar-refractivity contribution in [2.75, 3.05) is 0 Å². The van der Waals surface area contributed by atoms with Gasteiger partial charge in [0.2, 0.25) is 0 Å². The van der Waals surface area contributed by atoms with E-state index in [9.17, 15) is 14.0 Å². The largest absolute Gasteiger partial charge is 0.481 e. The van der Waals surface area contributed by atoms with Crippen molar-refractivity contribution in [1.29, 1.82) is 0 Å². The predicted molar refractivity (Wildman–Crippen MR) is 67.8 cm³/mol. The predicted octanol–water partition coefficient (Wildman–Crippen LogP) is 2.43. The third-order valence-corrected chi connectivity index (χ3v) is 3.32. The molecule has 1 aromatic rings. The number of hydrogen-bond acceptors (Lipinski definition) is 2. The van der Waals surface area contributed by atoms with E-state index in [1.54, 1.807) is 6.92 Å². The van der Waals surface area contributed by atoms with Crippen molar-refractivity contribution in [3.63, 3.8) is 0 Å². The average molecular weight is 318 g/mol. The highest BCUT2D eigenvalue weighted by molar-refractivity contribution is 9.10. The van der Waals surface area contributed by atoms with Crippen molar-refractivity contribution in [2.45, 2.75) is 19.9 Å². The molecule has 1 aromatic carbocycles. The molecule has 0 spiro atoms. The lowest BCUT2D eigenvalue weighted by Gasteiger charge is -2.17. The number of carboxylic acid groups (broad SMARTS) is 1. The molecule has 0 saturated heterocycles. The summed E-state index contributed by atoms with van der Waals surface area (Å²) >= 11 is 2.99.